The van der Waals surface area contributed by atoms with E-state index in [-0.39, 0.29) is 33.3 Å². The van der Waals surface area contributed by atoms with Crippen molar-refractivity contribution >= 4 is 44.8 Å². The number of amides is 2. The second-order valence-electron chi connectivity index (χ2n) is 6.32. The molecular formula is C20H18ClN3O5S2. The van der Waals surface area contributed by atoms with Gasteiger partial charge >= 0.3 is 0 Å². The van der Waals surface area contributed by atoms with Crippen LogP contribution in [0.25, 0.3) is 0 Å². The Hall–Kier alpha value is -2.92. The Morgan fingerprint density at radius 3 is 2.39 bits per heavy atom. The molecule has 0 saturated carbocycles. The molecule has 8 nitrogen and oxygen atoms in total. The molecule has 2 aromatic carbocycles. The number of halogens is 1. The average Bonchev–Trinajstić information content (AvgIpc) is 3.27. The molecule has 0 aliphatic heterocycles. The highest BCUT2D eigenvalue weighted by molar-refractivity contribution is 7.89. The van der Waals surface area contributed by atoms with E-state index in [1.807, 2.05) is 17.5 Å². The van der Waals surface area contributed by atoms with E-state index in [0.717, 1.165) is 4.88 Å². The van der Waals surface area contributed by atoms with Crippen molar-refractivity contribution in [3.63, 3.8) is 0 Å². The topological polar surface area (TPSA) is 125 Å². The Kier molecular flexibility index (Phi) is 7.29. The number of sulfonamides is 1. The van der Waals surface area contributed by atoms with Gasteiger partial charge in [-0.3, -0.25) is 20.4 Å². The van der Waals surface area contributed by atoms with Crippen LogP contribution in [-0.4, -0.2) is 31.9 Å². The molecule has 11 heteroatoms. The zero-order chi connectivity index (χ0) is 22.4. The number of carbonyl (C=O) groups is 2. The Bertz CT molecular complexity index is 1180. The summed E-state index contributed by atoms with van der Waals surface area (Å²) in [5.41, 5.74) is 4.38. The summed E-state index contributed by atoms with van der Waals surface area (Å²) >= 11 is 7.35. The first-order valence-corrected chi connectivity index (χ1v) is 11.7. The fourth-order valence-corrected chi connectivity index (χ4v) is 4.49. The molecule has 0 aliphatic carbocycles. The van der Waals surface area contributed by atoms with Gasteiger partial charge in [-0.05, 0) is 60.3 Å². The summed E-state index contributed by atoms with van der Waals surface area (Å²) in [6, 6.07) is 13.0. The lowest BCUT2D eigenvalue weighted by molar-refractivity contribution is 0.0845. The van der Waals surface area contributed by atoms with Crippen LogP contribution >= 0.6 is 22.9 Å². The minimum absolute atomic E-state index is 0.0168. The van der Waals surface area contributed by atoms with Crippen molar-refractivity contribution < 1.29 is 23.1 Å². The fourth-order valence-electron chi connectivity index (χ4n) is 2.58. The molecule has 31 heavy (non-hydrogen) atoms. The van der Waals surface area contributed by atoms with Crippen molar-refractivity contribution in [3.8, 4) is 5.75 Å². The van der Waals surface area contributed by atoms with Gasteiger partial charge in [-0.25, -0.2) is 13.1 Å². The first kappa shape index (κ1) is 22.8. The number of aromatic hydroxyl groups is 1. The third kappa shape index (κ3) is 6.05. The number of hydrogen-bond donors (Lipinski definition) is 4. The van der Waals surface area contributed by atoms with Crippen molar-refractivity contribution in [2.24, 2.45) is 0 Å². The van der Waals surface area contributed by atoms with E-state index >= 15 is 0 Å². The molecular weight excluding hydrogens is 462 g/mol. The molecule has 0 radical (unpaired) electrons. The zero-order valence-electron chi connectivity index (χ0n) is 16.0. The van der Waals surface area contributed by atoms with E-state index in [1.165, 1.54) is 42.5 Å². The van der Waals surface area contributed by atoms with Crippen molar-refractivity contribution in [3.05, 3.63) is 81.0 Å². The van der Waals surface area contributed by atoms with Gasteiger partial charge < -0.3 is 5.11 Å². The second kappa shape index (κ2) is 9.92. The highest BCUT2D eigenvalue weighted by Gasteiger charge is 2.16. The van der Waals surface area contributed by atoms with Crippen molar-refractivity contribution in [2.75, 3.05) is 6.54 Å². The summed E-state index contributed by atoms with van der Waals surface area (Å²) in [6.07, 6.45) is 0.583. The first-order chi connectivity index (χ1) is 14.8. The van der Waals surface area contributed by atoms with Gasteiger partial charge in [0.05, 0.1) is 10.5 Å². The Balaban J connectivity index is 1.56. The molecule has 0 aliphatic rings. The molecule has 3 aromatic rings. The molecule has 0 unspecified atom stereocenters. The Morgan fingerprint density at radius 2 is 1.71 bits per heavy atom. The molecule has 0 spiro atoms. The summed E-state index contributed by atoms with van der Waals surface area (Å²) < 4.78 is 27.3. The van der Waals surface area contributed by atoms with Gasteiger partial charge in [0, 0.05) is 22.0 Å². The van der Waals surface area contributed by atoms with Crippen molar-refractivity contribution in [2.45, 2.75) is 11.3 Å². The Morgan fingerprint density at radius 1 is 1.00 bits per heavy atom. The van der Waals surface area contributed by atoms with Gasteiger partial charge in [0.25, 0.3) is 11.8 Å². The normalized spacial score (nSPS) is 11.1. The lowest BCUT2D eigenvalue weighted by Crippen LogP contribution is -2.41. The number of hydrogen-bond acceptors (Lipinski definition) is 6. The van der Waals surface area contributed by atoms with E-state index in [4.69, 9.17) is 11.6 Å². The van der Waals surface area contributed by atoms with Crippen LogP contribution in [0.2, 0.25) is 5.02 Å². The average molecular weight is 480 g/mol. The minimum atomic E-state index is -3.71. The van der Waals surface area contributed by atoms with Crippen LogP contribution < -0.4 is 15.6 Å². The Labute approximate surface area is 187 Å². The third-order valence-corrected chi connectivity index (χ3v) is 6.81. The first-order valence-electron chi connectivity index (χ1n) is 8.97. The monoisotopic (exact) mass is 479 g/mol. The van der Waals surface area contributed by atoms with Gasteiger partial charge in [-0.2, -0.15) is 0 Å². The van der Waals surface area contributed by atoms with E-state index in [9.17, 15) is 23.1 Å². The molecule has 0 saturated heterocycles. The molecule has 0 atom stereocenters. The molecule has 3 rings (SSSR count). The lowest BCUT2D eigenvalue weighted by atomic mass is 10.2. The maximum atomic E-state index is 12.4. The largest absolute Gasteiger partial charge is 0.507 e. The summed E-state index contributed by atoms with van der Waals surface area (Å²) in [5, 5.41) is 11.9. The fraction of sp³-hybridized carbons (Fsp3) is 0.100. The summed E-state index contributed by atoms with van der Waals surface area (Å²) in [5.74, 6) is -1.72. The van der Waals surface area contributed by atoms with Gasteiger partial charge in [0.15, 0.2) is 0 Å². The molecule has 0 fully saturated rings. The molecule has 1 aromatic heterocycles. The van der Waals surface area contributed by atoms with E-state index in [2.05, 4.69) is 15.6 Å². The SMILES string of the molecule is O=C(NNC(=O)c1cc(Cl)ccc1O)c1ccc(S(=O)(=O)NCCc2cccs2)cc1. The van der Waals surface area contributed by atoms with Crippen LogP contribution in [-0.2, 0) is 16.4 Å². The van der Waals surface area contributed by atoms with E-state index in [0.29, 0.717) is 6.42 Å². The quantitative estimate of drug-likeness (QED) is 0.388. The second-order valence-corrected chi connectivity index (χ2v) is 9.56. The number of thiophene rings is 1. The predicted octanol–water partition coefficient (Wildman–Crippen LogP) is 2.70. The number of carbonyl (C=O) groups excluding carboxylic acids is 2. The molecule has 1 heterocycles. The van der Waals surface area contributed by atoms with Gasteiger partial charge in [0.2, 0.25) is 10.0 Å². The van der Waals surface area contributed by atoms with Crippen LogP contribution in [0, 0.1) is 0 Å². The number of nitrogens with one attached hydrogen (secondary N) is 3. The summed E-state index contributed by atoms with van der Waals surface area (Å²) in [4.78, 5) is 25.4. The number of rotatable bonds is 7. The van der Waals surface area contributed by atoms with Crippen molar-refractivity contribution in [1.29, 1.82) is 0 Å². The van der Waals surface area contributed by atoms with Crippen LogP contribution in [0.1, 0.15) is 25.6 Å². The smallest absolute Gasteiger partial charge is 0.273 e. The van der Waals surface area contributed by atoms with Gasteiger partial charge in [-0.1, -0.05) is 17.7 Å². The standard InChI is InChI=1S/C20H18ClN3O5S2/c21-14-5-8-18(25)17(12-14)20(27)24-23-19(26)13-3-6-16(7-4-13)31(28,29)22-10-9-15-2-1-11-30-15/h1-8,11-12,22,25H,9-10H2,(H,23,26)(H,24,27). The van der Waals surface area contributed by atoms with Gasteiger partial charge in [0.1, 0.15) is 5.75 Å². The molecule has 2 amide bonds. The van der Waals surface area contributed by atoms with Crippen LogP contribution in [0.4, 0.5) is 0 Å². The molecule has 0 bridgehead atoms. The van der Waals surface area contributed by atoms with E-state index < -0.39 is 21.8 Å². The predicted molar refractivity (Wildman–Crippen MR) is 118 cm³/mol. The van der Waals surface area contributed by atoms with E-state index in [1.54, 1.807) is 11.3 Å². The van der Waals surface area contributed by atoms with Gasteiger partial charge in [-0.15, -0.1) is 11.3 Å². The summed E-state index contributed by atoms with van der Waals surface area (Å²) in [7, 11) is -3.71. The highest BCUT2D eigenvalue weighted by atomic mass is 35.5. The maximum absolute atomic E-state index is 12.4. The highest BCUT2D eigenvalue weighted by Crippen LogP contribution is 2.21. The number of hydrazine groups is 1. The van der Waals surface area contributed by atoms with Crippen LogP contribution in [0.15, 0.2) is 64.9 Å². The third-order valence-electron chi connectivity index (χ3n) is 4.16. The minimum Gasteiger partial charge on any atom is -0.507 e. The molecule has 162 valence electrons. The zero-order valence-corrected chi connectivity index (χ0v) is 18.4. The number of benzene rings is 2. The number of phenols is 1. The van der Waals surface area contributed by atoms with Crippen LogP contribution in [0.5, 0.6) is 5.75 Å². The summed E-state index contributed by atoms with van der Waals surface area (Å²) in [6.45, 7) is 0.257. The van der Waals surface area contributed by atoms with Crippen LogP contribution in [0.3, 0.4) is 0 Å². The number of phenolic OH excluding ortho intramolecular Hbond substituents is 1. The maximum Gasteiger partial charge on any atom is 0.273 e. The molecule has 4 N–H and O–H groups in total. The van der Waals surface area contributed by atoms with Crippen molar-refractivity contribution in [1.82, 2.24) is 15.6 Å². The lowest BCUT2D eigenvalue weighted by Gasteiger charge is -2.10.